The lowest BCUT2D eigenvalue weighted by molar-refractivity contribution is -0.0246. The minimum atomic E-state index is -0.442. The molecule has 3 rings (SSSR count). The van der Waals surface area contributed by atoms with Crippen LogP contribution in [0, 0.1) is 0 Å². The van der Waals surface area contributed by atoms with Gasteiger partial charge in [-0.2, -0.15) is 0 Å². The Morgan fingerprint density at radius 2 is 1.88 bits per heavy atom. The van der Waals surface area contributed by atoms with Gasteiger partial charge in [0, 0.05) is 18.7 Å². The Hall–Kier alpha value is -2.66. The average molecular weight is 353 g/mol. The van der Waals surface area contributed by atoms with Gasteiger partial charge < -0.3 is 14.4 Å². The summed E-state index contributed by atoms with van der Waals surface area (Å²) in [7, 11) is 1.33. The molecule has 0 bridgehead atoms. The molecule has 0 saturated carbocycles. The molecule has 5 nitrogen and oxygen atoms in total. The van der Waals surface area contributed by atoms with Gasteiger partial charge in [0.15, 0.2) is 0 Å². The fourth-order valence-corrected chi connectivity index (χ4v) is 3.13. The molecule has 1 aliphatic heterocycles. The lowest BCUT2D eigenvalue weighted by Crippen LogP contribution is -2.45. The Balaban J connectivity index is 1.62. The smallest absolute Gasteiger partial charge is 0.337 e. The van der Waals surface area contributed by atoms with Crippen LogP contribution in [0.1, 0.15) is 32.7 Å². The zero-order valence-electron chi connectivity index (χ0n) is 14.9. The first-order valence-electron chi connectivity index (χ1n) is 8.80. The fraction of sp³-hybridized carbons (Fsp3) is 0.333. The molecule has 1 aliphatic rings. The van der Waals surface area contributed by atoms with Crippen LogP contribution in [0.25, 0.3) is 0 Å². The molecule has 1 heterocycles. The van der Waals surface area contributed by atoms with Crippen LogP contribution < -0.4 is 0 Å². The van der Waals surface area contributed by atoms with E-state index in [4.69, 9.17) is 9.47 Å². The van der Waals surface area contributed by atoms with Gasteiger partial charge in [-0.15, -0.1) is 0 Å². The van der Waals surface area contributed by atoms with Gasteiger partial charge in [0.1, 0.15) is 0 Å². The number of aryl methyl sites for hydroxylation is 1. The summed E-state index contributed by atoms with van der Waals surface area (Å²) in [6.07, 6.45) is 1.82. The van der Waals surface area contributed by atoms with E-state index < -0.39 is 5.97 Å². The van der Waals surface area contributed by atoms with Crippen molar-refractivity contribution in [3.8, 4) is 0 Å². The molecule has 0 unspecified atom stereocenters. The normalized spacial score (nSPS) is 17.0. The molecule has 0 aromatic heterocycles. The summed E-state index contributed by atoms with van der Waals surface area (Å²) < 4.78 is 10.6. The maximum Gasteiger partial charge on any atom is 0.337 e. The highest BCUT2D eigenvalue weighted by molar-refractivity contribution is 5.98. The topological polar surface area (TPSA) is 55.8 Å². The van der Waals surface area contributed by atoms with Gasteiger partial charge in [0.2, 0.25) is 0 Å². The standard InChI is InChI=1S/C21H23NO4/c1-25-21(24)18-9-5-8-17(14-18)20(23)22-12-13-26-19(15-22)11-10-16-6-3-2-4-7-16/h2-9,14,19H,10-13,15H2,1H3/t19-/m1/s1. The van der Waals surface area contributed by atoms with Gasteiger partial charge in [0.25, 0.3) is 5.91 Å². The second-order valence-corrected chi connectivity index (χ2v) is 6.34. The molecule has 1 saturated heterocycles. The highest BCUT2D eigenvalue weighted by Gasteiger charge is 2.25. The number of ether oxygens (including phenoxy) is 2. The number of rotatable bonds is 5. The Bertz CT molecular complexity index is 760. The van der Waals surface area contributed by atoms with Crippen molar-refractivity contribution >= 4 is 11.9 Å². The van der Waals surface area contributed by atoms with E-state index in [0.717, 1.165) is 12.8 Å². The summed E-state index contributed by atoms with van der Waals surface area (Å²) in [5, 5.41) is 0. The minimum absolute atomic E-state index is 0.0247. The van der Waals surface area contributed by atoms with E-state index in [2.05, 4.69) is 12.1 Å². The van der Waals surface area contributed by atoms with Crippen LogP contribution in [0.3, 0.4) is 0 Å². The molecule has 5 heteroatoms. The van der Waals surface area contributed by atoms with Crippen LogP contribution in [0.5, 0.6) is 0 Å². The van der Waals surface area contributed by atoms with Crippen molar-refractivity contribution in [1.82, 2.24) is 4.90 Å². The van der Waals surface area contributed by atoms with Crippen LogP contribution in [-0.2, 0) is 15.9 Å². The minimum Gasteiger partial charge on any atom is -0.465 e. The molecule has 1 amide bonds. The summed E-state index contributed by atoms with van der Waals surface area (Å²) in [6, 6.07) is 16.9. The molecule has 2 aromatic rings. The maximum absolute atomic E-state index is 12.8. The van der Waals surface area contributed by atoms with Gasteiger partial charge in [-0.25, -0.2) is 4.79 Å². The van der Waals surface area contributed by atoms with E-state index in [1.807, 2.05) is 18.2 Å². The first kappa shape index (κ1) is 18.1. The third kappa shape index (κ3) is 4.49. The van der Waals surface area contributed by atoms with E-state index in [-0.39, 0.29) is 12.0 Å². The number of esters is 1. The van der Waals surface area contributed by atoms with Crippen molar-refractivity contribution in [2.75, 3.05) is 26.8 Å². The van der Waals surface area contributed by atoms with Crippen molar-refractivity contribution in [3.63, 3.8) is 0 Å². The van der Waals surface area contributed by atoms with Crippen molar-refractivity contribution < 1.29 is 19.1 Å². The third-order valence-electron chi connectivity index (χ3n) is 4.55. The summed E-state index contributed by atoms with van der Waals surface area (Å²) in [5.41, 5.74) is 2.15. The van der Waals surface area contributed by atoms with E-state index in [9.17, 15) is 9.59 Å². The number of morpholine rings is 1. The van der Waals surface area contributed by atoms with Crippen LogP contribution in [0.4, 0.5) is 0 Å². The monoisotopic (exact) mass is 353 g/mol. The lowest BCUT2D eigenvalue weighted by Gasteiger charge is -2.33. The number of benzene rings is 2. The molecule has 1 fully saturated rings. The zero-order chi connectivity index (χ0) is 18.4. The van der Waals surface area contributed by atoms with Gasteiger partial charge in [-0.05, 0) is 36.6 Å². The molecular weight excluding hydrogens is 330 g/mol. The Morgan fingerprint density at radius 1 is 1.12 bits per heavy atom. The molecular formula is C21H23NO4. The third-order valence-corrected chi connectivity index (χ3v) is 4.55. The molecule has 26 heavy (non-hydrogen) atoms. The van der Waals surface area contributed by atoms with Crippen LogP contribution >= 0.6 is 0 Å². The van der Waals surface area contributed by atoms with Gasteiger partial charge in [-0.1, -0.05) is 36.4 Å². The fourth-order valence-electron chi connectivity index (χ4n) is 3.13. The highest BCUT2D eigenvalue weighted by atomic mass is 16.5. The van der Waals surface area contributed by atoms with E-state index >= 15 is 0 Å². The molecule has 0 aliphatic carbocycles. The second-order valence-electron chi connectivity index (χ2n) is 6.34. The first-order chi connectivity index (χ1) is 12.7. The Labute approximate surface area is 153 Å². The molecule has 2 aromatic carbocycles. The molecule has 0 radical (unpaired) electrons. The number of methoxy groups -OCH3 is 1. The number of carbonyl (C=O) groups is 2. The molecule has 136 valence electrons. The first-order valence-corrected chi connectivity index (χ1v) is 8.80. The van der Waals surface area contributed by atoms with E-state index in [0.29, 0.717) is 30.8 Å². The summed E-state index contributed by atoms with van der Waals surface area (Å²) in [5.74, 6) is -0.522. The number of amides is 1. The summed E-state index contributed by atoms with van der Waals surface area (Å²) in [6.45, 7) is 1.65. The zero-order valence-corrected chi connectivity index (χ0v) is 14.9. The van der Waals surface area contributed by atoms with Crippen molar-refractivity contribution in [2.24, 2.45) is 0 Å². The van der Waals surface area contributed by atoms with Crippen LogP contribution in [0.15, 0.2) is 54.6 Å². The number of hydrogen-bond donors (Lipinski definition) is 0. The molecule has 1 atom stereocenters. The van der Waals surface area contributed by atoms with E-state index in [1.54, 1.807) is 29.2 Å². The Morgan fingerprint density at radius 3 is 2.65 bits per heavy atom. The quantitative estimate of drug-likeness (QED) is 0.776. The average Bonchev–Trinajstić information content (AvgIpc) is 2.72. The highest BCUT2D eigenvalue weighted by Crippen LogP contribution is 2.16. The SMILES string of the molecule is COC(=O)c1cccc(C(=O)N2CCO[C@H](CCc3ccccc3)C2)c1. The molecule has 0 N–H and O–H groups in total. The Kier molecular flexibility index (Phi) is 6.02. The number of hydrogen-bond acceptors (Lipinski definition) is 4. The summed E-state index contributed by atoms with van der Waals surface area (Å²) in [4.78, 5) is 26.3. The van der Waals surface area contributed by atoms with Gasteiger partial charge >= 0.3 is 5.97 Å². The van der Waals surface area contributed by atoms with E-state index in [1.165, 1.54) is 12.7 Å². The van der Waals surface area contributed by atoms with Crippen molar-refractivity contribution in [3.05, 3.63) is 71.3 Å². The predicted molar refractivity (Wildman–Crippen MR) is 98.2 cm³/mol. The van der Waals surface area contributed by atoms with Crippen LogP contribution in [-0.4, -0.2) is 49.7 Å². The van der Waals surface area contributed by atoms with Crippen LogP contribution in [0.2, 0.25) is 0 Å². The van der Waals surface area contributed by atoms with Gasteiger partial charge in [-0.3, -0.25) is 4.79 Å². The van der Waals surface area contributed by atoms with Crippen molar-refractivity contribution in [1.29, 1.82) is 0 Å². The molecule has 0 spiro atoms. The predicted octanol–water partition coefficient (Wildman–Crippen LogP) is 2.95. The maximum atomic E-state index is 12.8. The van der Waals surface area contributed by atoms with Crippen molar-refractivity contribution in [2.45, 2.75) is 18.9 Å². The second kappa shape index (κ2) is 8.63. The number of carbonyl (C=O) groups excluding carboxylic acids is 2. The van der Waals surface area contributed by atoms with Gasteiger partial charge in [0.05, 0.1) is 25.4 Å². The number of nitrogens with zero attached hydrogens (tertiary/aromatic N) is 1. The summed E-state index contributed by atoms with van der Waals surface area (Å²) >= 11 is 0. The largest absolute Gasteiger partial charge is 0.465 e. The lowest BCUT2D eigenvalue weighted by atomic mass is 10.0.